The molecular weight excluding hydrogens is 192 g/mol. The highest BCUT2D eigenvalue weighted by molar-refractivity contribution is 7.80. The molecule has 0 fully saturated rings. The lowest BCUT2D eigenvalue weighted by atomic mass is 10.2. The van der Waals surface area contributed by atoms with Crippen LogP contribution in [0.2, 0.25) is 0 Å². The minimum absolute atomic E-state index is 0.512. The zero-order chi connectivity index (χ0) is 10.2. The first-order valence-corrected chi connectivity index (χ1v) is 4.93. The predicted octanol–water partition coefficient (Wildman–Crippen LogP) is 3.27. The first-order chi connectivity index (χ1) is 6.83. The van der Waals surface area contributed by atoms with Gasteiger partial charge in [0.15, 0.2) is 5.05 Å². The number of hydrogen-bond acceptors (Lipinski definition) is 2. The second-order valence-corrected chi connectivity index (χ2v) is 3.17. The Morgan fingerprint density at radius 3 is 2.71 bits per heavy atom. The molecular formula is C12H13OS. The van der Waals surface area contributed by atoms with Gasteiger partial charge in [-0.25, -0.2) is 0 Å². The maximum Gasteiger partial charge on any atom is 0.183 e. The summed E-state index contributed by atoms with van der Waals surface area (Å²) >= 11 is 4.98. The summed E-state index contributed by atoms with van der Waals surface area (Å²) in [6.45, 7) is 4.25. The van der Waals surface area contributed by atoms with E-state index >= 15 is 0 Å². The summed E-state index contributed by atoms with van der Waals surface area (Å²) in [5.74, 6) is 0. The second kappa shape index (κ2) is 6.33. The average molecular weight is 205 g/mol. The first-order valence-electron chi connectivity index (χ1n) is 4.52. The number of benzene rings is 1. The zero-order valence-corrected chi connectivity index (χ0v) is 8.80. The van der Waals surface area contributed by atoms with Crippen LogP contribution in [0.4, 0.5) is 0 Å². The lowest BCUT2D eigenvalue weighted by molar-refractivity contribution is 0.322. The summed E-state index contributed by atoms with van der Waals surface area (Å²) in [7, 11) is 0. The molecule has 1 rings (SSSR count). The fourth-order valence-electron chi connectivity index (χ4n) is 0.949. The maximum atomic E-state index is 5.20. The molecule has 0 aliphatic heterocycles. The van der Waals surface area contributed by atoms with Crippen LogP contribution in [-0.4, -0.2) is 11.7 Å². The van der Waals surface area contributed by atoms with E-state index in [0.29, 0.717) is 11.7 Å². The molecule has 0 bridgehead atoms. The van der Waals surface area contributed by atoms with Crippen LogP contribution >= 0.6 is 12.2 Å². The van der Waals surface area contributed by atoms with Crippen molar-refractivity contribution in [3.8, 4) is 0 Å². The molecule has 0 aliphatic rings. The monoisotopic (exact) mass is 205 g/mol. The molecule has 0 aromatic heterocycles. The van der Waals surface area contributed by atoms with Gasteiger partial charge in [0.25, 0.3) is 0 Å². The lowest BCUT2D eigenvalue weighted by Gasteiger charge is -2.00. The summed E-state index contributed by atoms with van der Waals surface area (Å²) in [4.78, 5) is 0. The predicted molar refractivity (Wildman–Crippen MR) is 64.0 cm³/mol. The third-order valence-corrected chi connectivity index (χ3v) is 1.85. The molecule has 0 saturated heterocycles. The highest BCUT2D eigenvalue weighted by Crippen LogP contribution is 2.01. The molecule has 73 valence electrons. The normalized spacial score (nSPS) is 10.4. The fourth-order valence-corrected chi connectivity index (χ4v) is 1.10. The van der Waals surface area contributed by atoms with Gasteiger partial charge < -0.3 is 4.74 Å². The number of rotatable bonds is 4. The van der Waals surface area contributed by atoms with E-state index in [1.54, 1.807) is 6.08 Å². The van der Waals surface area contributed by atoms with E-state index in [-0.39, 0.29) is 0 Å². The van der Waals surface area contributed by atoms with Gasteiger partial charge in [0.05, 0.1) is 6.61 Å². The Morgan fingerprint density at radius 1 is 1.36 bits per heavy atom. The molecule has 0 N–H and O–H groups in total. The smallest absolute Gasteiger partial charge is 0.183 e. The molecule has 14 heavy (non-hydrogen) atoms. The van der Waals surface area contributed by atoms with Gasteiger partial charge in [-0.15, -0.1) is 0 Å². The van der Waals surface area contributed by atoms with Gasteiger partial charge in [0.1, 0.15) is 0 Å². The van der Waals surface area contributed by atoms with Crippen LogP contribution in [0.25, 0.3) is 6.08 Å². The van der Waals surface area contributed by atoms with Crippen molar-refractivity contribution >= 4 is 23.3 Å². The molecule has 1 radical (unpaired) electrons. The topological polar surface area (TPSA) is 9.23 Å². The van der Waals surface area contributed by atoms with Gasteiger partial charge in [0, 0.05) is 0 Å². The molecule has 0 unspecified atom stereocenters. The SMILES string of the molecule is [CH2]CCOC(=S)/C=C/c1ccccc1. The van der Waals surface area contributed by atoms with Crippen molar-refractivity contribution in [2.75, 3.05) is 6.61 Å². The van der Waals surface area contributed by atoms with Crippen LogP contribution in [0.15, 0.2) is 36.4 Å². The largest absolute Gasteiger partial charge is 0.483 e. The molecule has 1 nitrogen and oxygen atoms in total. The van der Waals surface area contributed by atoms with Crippen LogP contribution in [0.1, 0.15) is 12.0 Å². The Hall–Kier alpha value is -1.15. The van der Waals surface area contributed by atoms with Gasteiger partial charge in [-0.05, 0) is 37.2 Å². The van der Waals surface area contributed by atoms with Gasteiger partial charge in [0.2, 0.25) is 0 Å². The van der Waals surface area contributed by atoms with E-state index in [1.807, 2.05) is 36.4 Å². The quantitative estimate of drug-likeness (QED) is 0.551. The Morgan fingerprint density at radius 2 is 2.07 bits per heavy atom. The molecule has 1 aromatic carbocycles. The van der Waals surface area contributed by atoms with Gasteiger partial charge >= 0.3 is 0 Å². The van der Waals surface area contributed by atoms with Gasteiger partial charge in [-0.1, -0.05) is 36.4 Å². The summed E-state index contributed by atoms with van der Waals surface area (Å²) in [6.07, 6.45) is 4.46. The summed E-state index contributed by atoms with van der Waals surface area (Å²) in [6, 6.07) is 9.98. The molecule has 0 amide bonds. The molecule has 0 aliphatic carbocycles. The van der Waals surface area contributed by atoms with Crippen molar-refractivity contribution in [2.24, 2.45) is 0 Å². The van der Waals surface area contributed by atoms with Crippen molar-refractivity contribution in [1.29, 1.82) is 0 Å². The third kappa shape index (κ3) is 4.19. The van der Waals surface area contributed by atoms with Crippen LogP contribution in [0.5, 0.6) is 0 Å². The number of thiocarbonyl (C=S) groups is 1. The van der Waals surface area contributed by atoms with Crippen molar-refractivity contribution < 1.29 is 4.74 Å². The van der Waals surface area contributed by atoms with E-state index in [4.69, 9.17) is 17.0 Å². The van der Waals surface area contributed by atoms with Gasteiger partial charge in [-0.3, -0.25) is 0 Å². The highest BCUT2D eigenvalue weighted by atomic mass is 32.1. The van der Waals surface area contributed by atoms with Crippen molar-refractivity contribution in [3.05, 3.63) is 48.9 Å². The highest BCUT2D eigenvalue weighted by Gasteiger charge is 1.89. The van der Waals surface area contributed by atoms with Crippen LogP contribution < -0.4 is 0 Å². The Kier molecular flexibility index (Phi) is 4.94. The fraction of sp³-hybridized carbons (Fsp3) is 0.167. The van der Waals surface area contributed by atoms with E-state index < -0.39 is 0 Å². The average Bonchev–Trinajstić information content (AvgIpc) is 2.25. The Bertz CT molecular complexity index is 303. The van der Waals surface area contributed by atoms with Gasteiger partial charge in [-0.2, -0.15) is 0 Å². The standard InChI is InChI=1S/C12H13OS/c1-2-10-13-12(14)9-8-11-6-4-3-5-7-11/h3-9H,1-2,10H2/b9-8+. The molecule has 0 saturated carbocycles. The summed E-state index contributed by atoms with van der Waals surface area (Å²) in [5.41, 5.74) is 1.12. The Balaban J connectivity index is 2.44. The van der Waals surface area contributed by atoms with Crippen LogP contribution in [0, 0.1) is 6.92 Å². The number of ether oxygens (including phenoxy) is 1. The third-order valence-electron chi connectivity index (χ3n) is 1.60. The molecule has 2 heteroatoms. The van der Waals surface area contributed by atoms with E-state index in [9.17, 15) is 0 Å². The van der Waals surface area contributed by atoms with Crippen LogP contribution in [-0.2, 0) is 4.74 Å². The minimum atomic E-state index is 0.512. The van der Waals surface area contributed by atoms with Crippen molar-refractivity contribution in [3.63, 3.8) is 0 Å². The first kappa shape index (κ1) is 10.9. The van der Waals surface area contributed by atoms with Crippen LogP contribution in [0.3, 0.4) is 0 Å². The molecule has 0 spiro atoms. The Labute approximate surface area is 90.4 Å². The number of hydrogen-bond donors (Lipinski definition) is 0. The molecule has 0 heterocycles. The van der Waals surface area contributed by atoms with E-state index in [2.05, 4.69) is 6.92 Å². The summed E-state index contributed by atoms with van der Waals surface area (Å²) in [5, 5.41) is 0.512. The zero-order valence-electron chi connectivity index (χ0n) is 7.98. The maximum absolute atomic E-state index is 5.20. The second-order valence-electron chi connectivity index (χ2n) is 2.77. The molecule has 1 aromatic rings. The molecule has 0 atom stereocenters. The lowest BCUT2D eigenvalue weighted by Crippen LogP contribution is -1.98. The van der Waals surface area contributed by atoms with Crippen molar-refractivity contribution in [2.45, 2.75) is 6.42 Å². The minimum Gasteiger partial charge on any atom is -0.483 e. The van der Waals surface area contributed by atoms with E-state index in [1.165, 1.54) is 0 Å². The van der Waals surface area contributed by atoms with Crippen molar-refractivity contribution in [1.82, 2.24) is 0 Å². The summed E-state index contributed by atoms with van der Waals surface area (Å²) < 4.78 is 5.20. The van der Waals surface area contributed by atoms with E-state index in [0.717, 1.165) is 12.0 Å².